The number of rotatable bonds is 1. The second-order valence-electron chi connectivity index (χ2n) is 7.00. The molecule has 1 aliphatic heterocycles. The second-order valence-corrected chi connectivity index (χ2v) is 7.00. The molecule has 4 N–H and O–H groups in total. The highest BCUT2D eigenvalue weighted by molar-refractivity contribution is 5.94. The van der Waals surface area contributed by atoms with Crippen LogP contribution in [0.5, 0.6) is 0 Å². The molecule has 24 heavy (non-hydrogen) atoms. The van der Waals surface area contributed by atoms with Crippen molar-refractivity contribution in [3.8, 4) is 0 Å². The van der Waals surface area contributed by atoms with Crippen molar-refractivity contribution < 1.29 is 9.53 Å². The summed E-state index contributed by atoms with van der Waals surface area (Å²) in [6.45, 7) is 0. The van der Waals surface area contributed by atoms with Gasteiger partial charge < -0.3 is 15.8 Å². The molecule has 1 heterocycles. The molecule has 0 saturated heterocycles. The van der Waals surface area contributed by atoms with E-state index in [0.717, 1.165) is 43.4 Å². The van der Waals surface area contributed by atoms with Crippen LogP contribution in [0.4, 0.5) is 5.69 Å². The molecule has 0 aromatic heterocycles. The molecule has 1 saturated carbocycles. The highest BCUT2D eigenvalue weighted by atomic mass is 16.5. The summed E-state index contributed by atoms with van der Waals surface area (Å²) in [4.78, 5) is 12.6. The average Bonchev–Trinajstić information content (AvgIpc) is 2.63. The number of ether oxygens (including phenoxy) is 1. The van der Waals surface area contributed by atoms with Gasteiger partial charge in [0, 0.05) is 5.69 Å². The molecule has 2 atom stereocenters. The lowest BCUT2D eigenvalue weighted by Crippen LogP contribution is -2.30. The Morgan fingerprint density at radius 1 is 1.12 bits per heavy atom. The largest absolute Gasteiger partial charge is 0.458 e. The summed E-state index contributed by atoms with van der Waals surface area (Å²) >= 11 is 0. The number of esters is 1. The number of hydrogen-bond donors (Lipinski definition) is 3. The summed E-state index contributed by atoms with van der Waals surface area (Å²) < 4.78 is 5.91. The predicted octanol–water partition coefficient (Wildman–Crippen LogP) is 3.82. The maximum Gasteiger partial charge on any atom is 0.338 e. The quantitative estimate of drug-likeness (QED) is 0.415. The third-order valence-electron chi connectivity index (χ3n) is 5.24. The van der Waals surface area contributed by atoms with Crippen LogP contribution in [0.25, 0.3) is 0 Å². The Hall–Kier alpha value is -2.04. The van der Waals surface area contributed by atoms with Crippen LogP contribution in [0.1, 0.15) is 67.3 Å². The van der Waals surface area contributed by atoms with E-state index in [2.05, 4.69) is 5.32 Å². The number of aryl methyl sites for hydroxylation is 1. The molecular weight excluding hydrogens is 302 g/mol. The van der Waals surface area contributed by atoms with Gasteiger partial charge in [0.05, 0.1) is 5.56 Å². The van der Waals surface area contributed by atoms with Crippen LogP contribution in [0.2, 0.25) is 0 Å². The third kappa shape index (κ3) is 4.08. The maximum atomic E-state index is 12.6. The van der Waals surface area contributed by atoms with Crippen molar-refractivity contribution in [2.75, 3.05) is 5.32 Å². The lowest BCUT2D eigenvalue weighted by atomic mass is 9.86. The number of fused-ring (bicyclic) bond motifs is 2. The summed E-state index contributed by atoms with van der Waals surface area (Å²) in [5.41, 5.74) is 7.79. The number of carbonyl (C=O) groups excluding carboxylic acids is 1. The van der Waals surface area contributed by atoms with Gasteiger partial charge in [-0.3, -0.25) is 5.41 Å². The molecule has 5 heteroatoms. The summed E-state index contributed by atoms with van der Waals surface area (Å²) in [6, 6.07) is 5.50. The van der Waals surface area contributed by atoms with Crippen LogP contribution < -0.4 is 11.1 Å². The third-order valence-corrected chi connectivity index (χ3v) is 5.24. The van der Waals surface area contributed by atoms with Crippen LogP contribution >= 0.6 is 0 Å². The first-order valence-corrected chi connectivity index (χ1v) is 9.08. The monoisotopic (exact) mass is 329 g/mol. The Labute approximate surface area is 143 Å². The van der Waals surface area contributed by atoms with Crippen molar-refractivity contribution in [1.29, 1.82) is 5.41 Å². The Morgan fingerprint density at radius 2 is 1.88 bits per heavy atom. The topological polar surface area (TPSA) is 88.2 Å². The van der Waals surface area contributed by atoms with E-state index < -0.39 is 0 Å². The predicted molar refractivity (Wildman–Crippen MR) is 95.3 cm³/mol. The van der Waals surface area contributed by atoms with Crippen molar-refractivity contribution in [2.24, 2.45) is 11.7 Å². The van der Waals surface area contributed by atoms with Crippen LogP contribution in [0.3, 0.4) is 0 Å². The Morgan fingerprint density at radius 3 is 2.67 bits per heavy atom. The summed E-state index contributed by atoms with van der Waals surface area (Å²) in [6.07, 6.45) is 10.4. The van der Waals surface area contributed by atoms with Crippen molar-refractivity contribution in [3.63, 3.8) is 0 Å². The minimum absolute atomic E-state index is 0.0683. The molecule has 1 aromatic rings. The number of hydrogen-bond acceptors (Lipinski definition) is 3. The minimum atomic E-state index is -0.201. The summed E-state index contributed by atoms with van der Waals surface area (Å²) in [7, 11) is 0. The van der Waals surface area contributed by atoms with Gasteiger partial charge >= 0.3 is 5.97 Å². The molecule has 2 unspecified atom stereocenters. The van der Waals surface area contributed by atoms with Gasteiger partial charge in [-0.1, -0.05) is 25.7 Å². The fourth-order valence-corrected chi connectivity index (χ4v) is 3.96. The molecule has 5 nitrogen and oxygen atoms in total. The first kappa shape index (κ1) is 16.8. The van der Waals surface area contributed by atoms with Gasteiger partial charge in [-0.25, -0.2) is 4.79 Å². The van der Waals surface area contributed by atoms with Gasteiger partial charge in [-0.05, 0) is 61.8 Å². The molecule has 0 amide bonds. The summed E-state index contributed by atoms with van der Waals surface area (Å²) in [5.74, 6) is 0.164. The van der Waals surface area contributed by atoms with E-state index in [4.69, 9.17) is 15.9 Å². The molecule has 2 aliphatic rings. The van der Waals surface area contributed by atoms with Gasteiger partial charge in [0.25, 0.3) is 0 Å². The molecule has 130 valence electrons. The highest BCUT2D eigenvalue weighted by Gasteiger charge is 2.29. The minimum Gasteiger partial charge on any atom is -0.458 e. The molecule has 1 fully saturated rings. The number of guanidine groups is 1. The fourth-order valence-electron chi connectivity index (χ4n) is 3.96. The fraction of sp³-hybridized carbons (Fsp3) is 0.579. The zero-order chi connectivity index (χ0) is 16.9. The first-order chi connectivity index (χ1) is 11.6. The normalized spacial score (nSPS) is 24.8. The SMILES string of the molecule is N=C(N)Nc1ccc2c(c1)CCC1CCCCCCCC1OC2=O. The van der Waals surface area contributed by atoms with Crippen LogP contribution in [0, 0.1) is 11.3 Å². The molecule has 0 radical (unpaired) electrons. The number of nitrogens with one attached hydrogen (secondary N) is 2. The Bertz CT molecular complexity index is 615. The van der Waals surface area contributed by atoms with Crippen molar-refractivity contribution in [2.45, 2.75) is 63.9 Å². The van der Waals surface area contributed by atoms with Crippen LogP contribution in [-0.4, -0.2) is 18.0 Å². The van der Waals surface area contributed by atoms with E-state index in [9.17, 15) is 4.79 Å². The molecule has 0 bridgehead atoms. The standard InChI is InChI=1S/C19H27N3O2/c20-19(21)22-15-10-11-16-14(12-15)9-8-13-6-4-2-1-3-5-7-17(13)24-18(16)23/h10-13,17H,1-9H2,(H4,20,21,22). The molecule has 1 aliphatic carbocycles. The highest BCUT2D eigenvalue weighted by Crippen LogP contribution is 2.32. The lowest BCUT2D eigenvalue weighted by molar-refractivity contribution is 0.00595. The van der Waals surface area contributed by atoms with E-state index in [1.54, 1.807) is 12.1 Å². The smallest absolute Gasteiger partial charge is 0.338 e. The number of benzene rings is 1. The van der Waals surface area contributed by atoms with Crippen LogP contribution in [-0.2, 0) is 11.2 Å². The van der Waals surface area contributed by atoms with E-state index in [0.29, 0.717) is 11.5 Å². The second kappa shape index (κ2) is 7.69. The first-order valence-electron chi connectivity index (χ1n) is 9.08. The number of carbonyl (C=O) groups is 1. The summed E-state index contributed by atoms with van der Waals surface area (Å²) in [5, 5.41) is 10.1. The van der Waals surface area contributed by atoms with Crippen molar-refractivity contribution in [1.82, 2.24) is 0 Å². The number of nitrogens with two attached hydrogens (primary N) is 1. The van der Waals surface area contributed by atoms with Crippen LogP contribution in [0.15, 0.2) is 18.2 Å². The molecule has 1 aromatic carbocycles. The molecule has 3 rings (SSSR count). The van der Waals surface area contributed by atoms with Gasteiger partial charge in [0.15, 0.2) is 5.96 Å². The molecule has 0 spiro atoms. The maximum absolute atomic E-state index is 12.6. The van der Waals surface area contributed by atoms with Gasteiger partial charge in [0.1, 0.15) is 6.10 Å². The van der Waals surface area contributed by atoms with E-state index in [1.165, 1.54) is 25.7 Å². The average molecular weight is 329 g/mol. The van der Waals surface area contributed by atoms with Crippen molar-refractivity contribution >= 4 is 17.6 Å². The van der Waals surface area contributed by atoms with Gasteiger partial charge in [-0.2, -0.15) is 0 Å². The van der Waals surface area contributed by atoms with E-state index >= 15 is 0 Å². The zero-order valence-corrected chi connectivity index (χ0v) is 14.1. The van der Waals surface area contributed by atoms with E-state index in [1.807, 2.05) is 6.07 Å². The lowest BCUT2D eigenvalue weighted by Gasteiger charge is -2.29. The van der Waals surface area contributed by atoms with Gasteiger partial charge in [-0.15, -0.1) is 0 Å². The zero-order valence-electron chi connectivity index (χ0n) is 14.1. The molecular formula is C19H27N3O2. The van der Waals surface area contributed by atoms with Crippen molar-refractivity contribution in [3.05, 3.63) is 29.3 Å². The number of anilines is 1. The van der Waals surface area contributed by atoms with E-state index in [-0.39, 0.29) is 18.0 Å². The Balaban J connectivity index is 1.82. The Kier molecular flexibility index (Phi) is 5.38. The van der Waals surface area contributed by atoms with Gasteiger partial charge in [0.2, 0.25) is 0 Å².